The standard InChI is InChI=1S/C32H33F2N3O5/c1-20(22-9-11-23(39-3)12-10-22)37(2)29-19-40-18-28-30(29)24-15-26(33)27(34)16-25(24)31(36-28)41-14-13-35-32(38)42-17-21-7-5-4-6-8-21/h4-12,15-16,20,29H,13-14,17-19H2,1-3H3,(H,35,38)/t20-,29-/m1/s1. The van der Waals surface area contributed by atoms with Crippen LogP contribution in [-0.2, 0) is 22.7 Å². The molecule has 10 heteroatoms. The van der Waals surface area contributed by atoms with Gasteiger partial charge in [-0.15, -0.1) is 0 Å². The molecule has 0 spiro atoms. The average molecular weight is 578 g/mol. The zero-order chi connectivity index (χ0) is 29.6. The van der Waals surface area contributed by atoms with E-state index in [1.165, 1.54) is 6.07 Å². The highest BCUT2D eigenvalue weighted by Gasteiger charge is 2.32. The average Bonchev–Trinajstić information content (AvgIpc) is 3.02. The zero-order valence-corrected chi connectivity index (χ0v) is 23.7. The normalized spacial score (nSPS) is 15.2. The molecule has 0 aliphatic carbocycles. The number of halogens is 2. The van der Waals surface area contributed by atoms with Crippen molar-refractivity contribution in [1.82, 2.24) is 15.2 Å². The van der Waals surface area contributed by atoms with Gasteiger partial charge in [-0.05, 0) is 54.8 Å². The number of pyridine rings is 1. The largest absolute Gasteiger partial charge is 0.497 e. The summed E-state index contributed by atoms with van der Waals surface area (Å²) in [6, 6.07) is 19.1. The van der Waals surface area contributed by atoms with Crippen LogP contribution in [0.4, 0.5) is 13.6 Å². The summed E-state index contributed by atoms with van der Waals surface area (Å²) in [5.74, 6) is -1.06. The number of carbonyl (C=O) groups is 1. The summed E-state index contributed by atoms with van der Waals surface area (Å²) in [6.07, 6.45) is -0.593. The van der Waals surface area contributed by atoms with Crippen LogP contribution in [0.15, 0.2) is 66.7 Å². The fourth-order valence-electron chi connectivity index (χ4n) is 5.07. The van der Waals surface area contributed by atoms with Crippen LogP contribution >= 0.6 is 0 Å². The van der Waals surface area contributed by atoms with Crippen molar-refractivity contribution < 1.29 is 32.5 Å². The van der Waals surface area contributed by atoms with Crippen molar-refractivity contribution in [3.63, 3.8) is 0 Å². The number of amides is 1. The molecule has 1 amide bonds. The Morgan fingerprint density at radius 1 is 1.10 bits per heavy atom. The molecule has 4 aromatic rings. The molecule has 5 rings (SSSR count). The number of alkyl carbamates (subject to hydrolysis) is 1. The third-order valence-electron chi connectivity index (χ3n) is 7.50. The van der Waals surface area contributed by atoms with E-state index in [0.29, 0.717) is 23.1 Å². The number of carbonyl (C=O) groups excluding carboxylic acids is 1. The van der Waals surface area contributed by atoms with E-state index < -0.39 is 17.7 Å². The summed E-state index contributed by atoms with van der Waals surface area (Å²) >= 11 is 0. The molecule has 1 aliphatic rings. The maximum absolute atomic E-state index is 14.6. The third-order valence-corrected chi connectivity index (χ3v) is 7.50. The van der Waals surface area contributed by atoms with Gasteiger partial charge in [0.2, 0.25) is 5.88 Å². The molecule has 2 heterocycles. The van der Waals surface area contributed by atoms with Crippen molar-refractivity contribution in [3.8, 4) is 11.6 Å². The molecule has 8 nitrogen and oxygen atoms in total. The summed E-state index contributed by atoms with van der Waals surface area (Å²) in [6.45, 7) is 2.93. The molecular weight excluding hydrogens is 544 g/mol. The number of rotatable bonds is 10. The summed E-state index contributed by atoms with van der Waals surface area (Å²) < 4.78 is 51.4. The van der Waals surface area contributed by atoms with Crippen LogP contribution in [-0.4, -0.2) is 49.9 Å². The lowest BCUT2D eigenvalue weighted by atomic mass is 9.93. The fraction of sp³-hybridized carbons (Fsp3) is 0.312. The second kappa shape index (κ2) is 13.1. The number of nitrogens with one attached hydrogen (secondary N) is 1. The predicted molar refractivity (Wildman–Crippen MR) is 153 cm³/mol. The van der Waals surface area contributed by atoms with Gasteiger partial charge in [-0.3, -0.25) is 4.90 Å². The molecule has 3 aromatic carbocycles. The highest BCUT2D eigenvalue weighted by atomic mass is 19.2. The highest BCUT2D eigenvalue weighted by Crippen LogP contribution is 2.41. The number of aromatic nitrogens is 1. The van der Waals surface area contributed by atoms with Gasteiger partial charge in [-0.1, -0.05) is 42.5 Å². The van der Waals surface area contributed by atoms with Gasteiger partial charge in [-0.2, -0.15) is 0 Å². The van der Waals surface area contributed by atoms with Crippen molar-refractivity contribution in [1.29, 1.82) is 0 Å². The second-order valence-electron chi connectivity index (χ2n) is 10.1. The van der Waals surface area contributed by atoms with E-state index in [2.05, 4.69) is 22.1 Å². The summed E-state index contributed by atoms with van der Waals surface area (Å²) in [5.41, 5.74) is 3.29. The monoisotopic (exact) mass is 577 g/mol. The number of ether oxygens (including phenoxy) is 4. The number of likely N-dealkylation sites (N-methyl/N-ethyl adjacent to an activating group) is 1. The van der Waals surface area contributed by atoms with Gasteiger partial charge in [-0.25, -0.2) is 18.6 Å². The molecule has 0 bridgehead atoms. The molecule has 1 aromatic heterocycles. The molecule has 2 atom stereocenters. The minimum atomic E-state index is -1.000. The Hall–Kier alpha value is -4.28. The first-order valence-corrected chi connectivity index (χ1v) is 13.7. The molecule has 0 unspecified atom stereocenters. The lowest BCUT2D eigenvalue weighted by Gasteiger charge is -2.37. The van der Waals surface area contributed by atoms with Crippen LogP contribution in [0.5, 0.6) is 11.6 Å². The molecule has 0 radical (unpaired) electrons. The molecule has 0 saturated heterocycles. The lowest BCUT2D eigenvalue weighted by Crippen LogP contribution is -2.34. The van der Waals surface area contributed by atoms with Gasteiger partial charge in [0.15, 0.2) is 11.6 Å². The first-order valence-electron chi connectivity index (χ1n) is 13.7. The van der Waals surface area contributed by atoms with Crippen molar-refractivity contribution >= 4 is 16.9 Å². The smallest absolute Gasteiger partial charge is 0.407 e. The first kappa shape index (κ1) is 29.2. The number of hydrogen-bond donors (Lipinski definition) is 1. The van der Waals surface area contributed by atoms with Gasteiger partial charge in [0.25, 0.3) is 0 Å². The van der Waals surface area contributed by atoms with E-state index in [9.17, 15) is 13.6 Å². The molecule has 0 fully saturated rings. The topological polar surface area (TPSA) is 82.2 Å². The highest BCUT2D eigenvalue weighted by molar-refractivity contribution is 5.91. The van der Waals surface area contributed by atoms with Crippen LogP contribution < -0.4 is 14.8 Å². The molecule has 42 heavy (non-hydrogen) atoms. The van der Waals surface area contributed by atoms with E-state index in [-0.39, 0.29) is 44.3 Å². The minimum Gasteiger partial charge on any atom is -0.497 e. The van der Waals surface area contributed by atoms with Crippen molar-refractivity contribution in [2.75, 3.05) is 33.9 Å². The number of benzene rings is 3. The van der Waals surface area contributed by atoms with E-state index >= 15 is 0 Å². The molecule has 0 saturated carbocycles. The van der Waals surface area contributed by atoms with E-state index in [0.717, 1.165) is 28.5 Å². The first-order chi connectivity index (χ1) is 20.4. The van der Waals surface area contributed by atoms with Crippen LogP contribution in [0, 0.1) is 11.6 Å². The summed E-state index contributed by atoms with van der Waals surface area (Å²) in [7, 11) is 3.59. The zero-order valence-electron chi connectivity index (χ0n) is 23.7. The summed E-state index contributed by atoms with van der Waals surface area (Å²) in [4.78, 5) is 18.9. The maximum Gasteiger partial charge on any atom is 0.407 e. The molecule has 1 N–H and O–H groups in total. The van der Waals surface area contributed by atoms with Crippen LogP contribution in [0.3, 0.4) is 0 Å². The molecule has 220 valence electrons. The molecular formula is C32H33F2N3O5. The van der Waals surface area contributed by atoms with Gasteiger partial charge < -0.3 is 24.3 Å². The number of fused-ring (bicyclic) bond motifs is 3. The quantitative estimate of drug-likeness (QED) is 0.229. The Labute approximate surface area is 243 Å². The van der Waals surface area contributed by atoms with Gasteiger partial charge in [0.05, 0.1) is 38.6 Å². The van der Waals surface area contributed by atoms with Gasteiger partial charge >= 0.3 is 6.09 Å². The van der Waals surface area contributed by atoms with E-state index in [1.54, 1.807) is 7.11 Å². The van der Waals surface area contributed by atoms with Gasteiger partial charge in [0, 0.05) is 17.0 Å². The Morgan fingerprint density at radius 2 is 1.81 bits per heavy atom. The maximum atomic E-state index is 14.6. The van der Waals surface area contributed by atoms with Crippen LogP contribution in [0.2, 0.25) is 0 Å². The van der Waals surface area contributed by atoms with Gasteiger partial charge in [0.1, 0.15) is 19.0 Å². The minimum absolute atomic E-state index is 0.0283. The SMILES string of the molecule is COc1ccc([C@@H](C)N(C)[C@@H]2COCc3nc(OCCNC(=O)OCc4ccccc4)c4cc(F)c(F)cc4c32)cc1. The Balaban J connectivity index is 1.34. The van der Waals surface area contributed by atoms with Crippen molar-refractivity contribution in [2.45, 2.75) is 32.2 Å². The van der Waals surface area contributed by atoms with E-state index in [1.807, 2.05) is 61.6 Å². The Bertz CT molecular complexity index is 1540. The van der Waals surface area contributed by atoms with Crippen LogP contribution in [0.25, 0.3) is 10.8 Å². The number of nitrogens with zero attached hydrogens (tertiary/aromatic N) is 2. The fourth-order valence-corrected chi connectivity index (χ4v) is 5.07. The number of methoxy groups -OCH3 is 1. The van der Waals surface area contributed by atoms with Crippen LogP contribution in [0.1, 0.15) is 41.4 Å². The Morgan fingerprint density at radius 3 is 2.52 bits per heavy atom. The second-order valence-corrected chi connectivity index (χ2v) is 10.1. The predicted octanol–water partition coefficient (Wildman–Crippen LogP) is 6.09. The lowest BCUT2D eigenvalue weighted by molar-refractivity contribution is 0.0269. The van der Waals surface area contributed by atoms with E-state index in [4.69, 9.17) is 18.9 Å². The van der Waals surface area contributed by atoms with Crippen molar-refractivity contribution in [3.05, 3.63) is 101 Å². The summed E-state index contributed by atoms with van der Waals surface area (Å²) in [5, 5.41) is 3.47. The Kier molecular flexibility index (Phi) is 9.14. The van der Waals surface area contributed by atoms with Crippen molar-refractivity contribution in [2.24, 2.45) is 0 Å². The number of hydrogen-bond acceptors (Lipinski definition) is 7. The molecule has 1 aliphatic heterocycles. The third kappa shape index (κ3) is 6.45.